The van der Waals surface area contributed by atoms with Crippen molar-refractivity contribution in [1.29, 1.82) is 0 Å². The molecular weight excluding hydrogens is 358 g/mol. The average molecular weight is 377 g/mol. The van der Waals surface area contributed by atoms with Crippen molar-refractivity contribution in [2.24, 2.45) is 0 Å². The molecule has 1 fully saturated rings. The molecule has 9 heteroatoms. The molecule has 2 aromatic rings. The molecule has 1 aromatic heterocycles. The molecule has 4 rings (SSSR count). The summed E-state index contributed by atoms with van der Waals surface area (Å²) in [5, 5.41) is 0. The van der Waals surface area contributed by atoms with Crippen molar-refractivity contribution in [2.45, 2.75) is 23.8 Å². The fraction of sp³-hybridized carbons (Fsp3) is 0.412. The Bertz CT molecular complexity index is 970. The van der Waals surface area contributed by atoms with Crippen LogP contribution in [0.5, 0.6) is 5.75 Å². The molecule has 2 aliphatic heterocycles. The number of carbonyl (C=O) groups is 1. The lowest BCUT2D eigenvalue weighted by Gasteiger charge is -2.30. The predicted molar refractivity (Wildman–Crippen MR) is 91.4 cm³/mol. The van der Waals surface area contributed by atoms with E-state index in [1.807, 2.05) is 0 Å². The molecule has 1 aromatic carbocycles. The number of likely N-dealkylation sites (N-methyl/N-ethyl adjacent to an activating group) is 1. The smallest absolute Gasteiger partial charge is 0.291 e. The Morgan fingerprint density at radius 1 is 1.27 bits per heavy atom. The number of oxazole rings is 1. The number of sulfonamides is 1. The molecule has 1 atom stereocenters. The van der Waals surface area contributed by atoms with Gasteiger partial charge in [-0.15, -0.1) is 0 Å². The van der Waals surface area contributed by atoms with Crippen LogP contribution in [0.15, 0.2) is 40.0 Å². The van der Waals surface area contributed by atoms with E-state index in [0.717, 1.165) is 0 Å². The molecule has 0 unspecified atom stereocenters. The number of likely N-dealkylation sites (tertiary alicyclic amines) is 1. The molecule has 0 radical (unpaired) electrons. The fourth-order valence-electron chi connectivity index (χ4n) is 3.55. The van der Waals surface area contributed by atoms with Gasteiger partial charge in [0, 0.05) is 20.0 Å². The molecule has 3 heterocycles. The van der Waals surface area contributed by atoms with Crippen LogP contribution in [-0.2, 0) is 10.0 Å². The van der Waals surface area contributed by atoms with Crippen LogP contribution < -0.4 is 4.74 Å². The zero-order valence-electron chi connectivity index (χ0n) is 14.5. The van der Waals surface area contributed by atoms with Gasteiger partial charge in [0.15, 0.2) is 6.39 Å². The lowest BCUT2D eigenvalue weighted by atomic mass is 10.0. The number of hydrogen-bond acceptors (Lipinski definition) is 6. The van der Waals surface area contributed by atoms with Gasteiger partial charge in [0.05, 0.1) is 18.8 Å². The monoisotopic (exact) mass is 377 g/mol. The molecule has 1 spiro atoms. The minimum absolute atomic E-state index is 0.148. The molecule has 26 heavy (non-hydrogen) atoms. The van der Waals surface area contributed by atoms with E-state index in [1.54, 1.807) is 30.0 Å². The van der Waals surface area contributed by atoms with Crippen LogP contribution in [0.25, 0.3) is 0 Å². The van der Waals surface area contributed by atoms with Gasteiger partial charge in [0.1, 0.15) is 16.2 Å². The number of amides is 1. The van der Waals surface area contributed by atoms with Crippen LogP contribution in [-0.4, -0.2) is 60.8 Å². The van der Waals surface area contributed by atoms with Crippen molar-refractivity contribution in [3.05, 3.63) is 42.1 Å². The van der Waals surface area contributed by atoms with Gasteiger partial charge in [-0.1, -0.05) is 12.1 Å². The Kier molecular flexibility index (Phi) is 3.81. The van der Waals surface area contributed by atoms with Crippen molar-refractivity contribution in [3.63, 3.8) is 0 Å². The van der Waals surface area contributed by atoms with Crippen LogP contribution in [0.3, 0.4) is 0 Å². The highest BCUT2D eigenvalue weighted by molar-refractivity contribution is 7.89. The summed E-state index contributed by atoms with van der Waals surface area (Å²) in [6.45, 7) is 2.61. The first-order valence-corrected chi connectivity index (χ1v) is 9.70. The van der Waals surface area contributed by atoms with E-state index in [2.05, 4.69) is 4.98 Å². The second kappa shape index (κ2) is 5.82. The van der Waals surface area contributed by atoms with Crippen molar-refractivity contribution in [2.75, 3.05) is 26.7 Å². The molecule has 1 saturated heterocycles. The van der Waals surface area contributed by atoms with Gasteiger partial charge >= 0.3 is 0 Å². The zero-order chi connectivity index (χ0) is 18.5. The van der Waals surface area contributed by atoms with Gasteiger partial charge in [-0.2, -0.15) is 4.31 Å². The molecule has 0 aliphatic carbocycles. The number of aromatic nitrogens is 1. The predicted octanol–water partition coefficient (Wildman–Crippen LogP) is 1.28. The Labute approximate surface area is 151 Å². The maximum atomic E-state index is 12.8. The first kappa shape index (κ1) is 17.0. The summed E-state index contributed by atoms with van der Waals surface area (Å²) >= 11 is 0. The number of nitrogens with zero attached hydrogens (tertiary/aromatic N) is 3. The standard InChI is InChI=1S/C17H19N3O5S/c1-12-15(24-11-18-12)16(21)20-8-7-17(10-20)9-19(2)26(22,23)14-6-4-3-5-13(14)25-17/h3-6,11H,7-10H2,1-2H3/t17-/m1/s1. The summed E-state index contributed by atoms with van der Waals surface area (Å²) in [6, 6.07) is 6.60. The number of aryl methyl sites for hydroxylation is 1. The minimum Gasteiger partial charge on any atom is -0.483 e. The number of para-hydroxylation sites is 1. The van der Waals surface area contributed by atoms with Crippen molar-refractivity contribution >= 4 is 15.9 Å². The second-order valence-corrected chi connectivity index (χ2v) is 8.75. The highest BCUT2D eigenvalue weighted by Gasteiger charge is 2.48. The van der Waals surface area contributed by atoms with Crippen molar-refractivity contribution in [3.8, 4) is 5.75 Å². The third kappa shape index (κ3) is 2.58. The normalized spacial score (nSPS) is 24.9. The molecule has 0 saturated carbocycles. The lowest BCUT2D eigenvalue weighted by Crippen LogP contribution is -2.48. The lowest BCUT2D eigenvalue weighted by molar-refractivity contribution is 0.0529. The molecule has 8 nitrogen and oxygen atoms in total. The quantitative estimate of drug-likeness (QED) is 0.743. The largest absolute Gasteiger partial charge is 0.483 e. The van der Waals surface area contributed by atoms with Crippen LogP contribution in [0, 0.1) is 6.92 Å². The van der Waals surface area contributed by atoms with Gasteiger partial charge in [0.2, 0.25) is 15.8 Å². The number of ether oxygens (including phenoxy) is 1. The Hall–Kier alpha value is -2.39. The van der Waals surface area contributed by atoms with Crippen LogP contribution in [0.1, 0.15) is 22.7 Å². The number of fused-ring (bicyclic) bond motifs is 1. The molecular formula is C17H19N3O5S. The van der Waals surface area contributed by atoms with E-state index in [9.17, 15) is 13.2 Å². The molecule has 0 bridgehead atoms. The van der Waals surface area contributed by atoms with Gasteiger partial charge in [-0.3, -0.25) is 4.79 Å². The highest BCUT2D eigenvalue weighted by atomic mass is 32.2. The van der Waals surface area contributed by atoms with E-state index in [0.29, 0.717) is 24.4 Å². The van der Waals surface area contributed by atoms with Crippen LogP contribution in [0.4, 0.5) is 0 Å². The summed E-state index contributed by atoms with van der Waals surface area (Å²) < 4.78 is 38.2. The van der Waals surface area contributed by atoms with Crippen LogP contribution >= 0.6 is 0 Å². The number of benzene rings is 1. The highest BCUT2D eigenvalue weighted by Crippen LogP contribution is 2.38. The molecule has 0 N–H and O–H groups in total. The van der Waals surface area contributed by atoms with E-state index in [1.165, 1.54) is 23.8 Å². The fourth-order valence-corrected chi connectivity index (χ4v) is 4.91. The third-order valence-corrected chi connectivity index (χ3v) is 6.76. The van der Waals surface area contributed by atoms with Gasteiger partial charge in [-0.05, 0) is 19.1 Å². The number of hydrogen-bond donors (Lipinski definition) is 0. The Morgan fingerprint density at radius 3 is 2.77 bits per heavy atom. The minimum atomic E-state index is -3.63. The maximum Gasteiger partial charge on any atom is 0.291 e. The molecule has 138 valence electrons. The first-order valence-electron chi connectivity index (χ1n) is 8.26. The third-order valence-electron chi connectivity index (χ3n) is 4.92. The molecule has 1 amide bonds. The summed E-state index contributed by atoms with van der Waals surface area (Å²) in [5.74, 6) is 0.266. The summed E-state index contributed by atoms with van der Waals surface area (Å²) in [7, 11) is -2.10. The molecule has 2 aliphatic rings. The summed E-state index contributed by atoms with van der Waals surface area (Å²) in [6.07, 6.45) is 1.77. The maximum absolute atomic E-state index is 12.8. The van der Waals surface area contributed by atoms with E-state index in [4.69, 9.17) is 9.15 Å². The second-order valence-electron chi connectivity index (χ2n) is 6.74. The zero-order valence-corrected chi connectivity index (χ0v) is 15.3. The SMILES string of the molecule is Cc1ncoc1C(=O)N1CC[C@]2(C1)CN(C)S(=O)(=O)c1ccccc1O2. The topological polar surface area (TPSA) is 93.0 Å². The van der Waals surface area contributed by atoms with Crippen LogP contribution in [0.2, 0.25) is 0 Å². The van der Waals surface area contributed by atoms with E-state index >= 15 is 0 Å². The Balaban J connectivity index is 1.66. The van der Waals surface area contributed by atoms with Crippen molar-refractivity contribution < 1.29 is 22.4 Å². The van der Waals surface area contributed by atoms with Gasteiger partial charge in [-0.25, -0.2) is 13.4 Å². The number of rotatable bonds is 1. The first-order chi connectivity index (χ1) is 12.3. The van der Waals surface area contributed by atoms with E-state index < -0.39 is 15.6 Å². The summed E-state index contributed by atoms with van der Waals surface area (Å²) in [4.78, 5) is 18.4. The van der Waals surface area contributed by atoms with Gasteiger partial charge < -0.3 is 14.1 Å². The average Bonchev–Trinajstić information content (AvgIpc) is 3.19. The summed E-state index contributed by atoms with van der Waals surface area (Å²) in [5.41, 5.74) is -0.263. The van der Waals surface area contributed by atoms with E-state index in [-0.39, 0.29) is 29.7 Å². The van der Waals surface area contributed by atoms with Gasteiger partial charge in [0.25, 0.3) is 5.91 Å². The Morgan fingerprint density at radius 2 is 2.04 bits per heavy atom. The van der Waals surface area contributed by atoms with Crippen molar-refractivity contribution in [1.82, 2.24) is 14.2 Å². The number of carbonyl (C=O) groups excluding carboxylic acids is 1.